The van der Waals surface area contributed by atoms with Crippen molar-refractivity contribution >= 4 is 13.3 Å². The molecule has 0 fully saturated rings. The molecule has 6 heteroatoms. The van der Waals surface area contributed by atoms with Gasteiger partial charge in [0, 0.05) is 0 Å². The summed E-state index contributed by atoms with van der Waals surface area (Å²) in [6, 6.07) is 0. The van der Waals surface area contributed by atoms with Gasteiger partial charge in [-0.3, -0.25) is 0 Å². The average molecular weight is 575 g/mol. The van der Waals surface area contributed by atoms with Gasteiger partial charge in [0.2, 0.25) is 0 Å². The molecule has 0 heterocycles. The molecule has 0 N–H and O–H groups in total. The van der Waals surface area contributed by atoms with Gasteiger partial charge in [0.15, 0.2) is 0 Å². The Balaban J connectivity index is 5.87. The zero-order valence-electron chi connectivity index (χ0n) is 26.9. The first kappa shape index (κ1) is 38.7. The van der Waals surface area contributed by atoms with Crippen LogP contribution in [0.2, 0.25) is 0 Å². The van der Waals surface area contributed by atoms with E-state index in [0.717, 1.165) is 51.4 Å². The minimum absolute atomic E-state index is 0.00870. The topological polar surface area (TPSA) is 54.0 Å². The first-order valence-electron chi connectivity index (χ1n) is 16.7. The molecule has 0 aromatic rings. The zero-order valence-corrected chi connectivity index (χ0v) is 27.8. The van der Waals surface area contributed by atoms with E-state index in [1.54, 1.807) is 6.92 Å². The van der Waals surface area contributed by atoms with E-state index >= 15 is 0 Å². The van der Waals surface area contributed by atoms with Crippen LogP contribution in [0.1, 0.15) is 163 Å². The Morgan fingerprint density at radius 3 is 0.974 bits per heavy atom. The molecule has 0 bridgehead atoms. The third-order valence-electron chi connectivity index (χ3n) is 7.23. The third-order valence-corrected chi connectivity index (χ3v) is 10.8. The van der Waals surface area contributed by atoms with Gasteiger partial charge in [0.1, 0.15) is 0 Å². The van der Waals surface area contributed by atoms with Gasteiger partial charge in [-0.05, 0) is 0 Å². The summed E-state index contributed by atoms with van der Waals surface area (Å²) in [5, 5.41) is 0. The van der Waals surface area contributed by atoms with E-state index in [-0.39, 0.29) is 11.9 Å². The fraction of sp³-hybridized carbons (Fsp3) is 0.909. The first-order chi connectivity index (χ1) is 18.9. The predicted octanol–water partition coefficient (Wildman–Crippen LogP) is 11.3. The SMILES string of the molecule is C=C(C)C(=O)CP(OCCCCCCC)(OCCCCCCC)(OCCCCCCC)OCCCCCCC. The maximum atomic E-state index is 13.3. The number of unbranched alkanes of at least 4 members (excludes halogenated alkanes) is 16. The summed E-state index contributed by atoms with van der Waals surface area (Å²) >= 11 is 0. The van der Waals surface area contributed by atoms with Crippen molar-refractivity contribution in [1.29, 1.82) is 0 Å². The van der Waals surface area contributed by atoms with Gasteiger partial charge in [-0.25, -0.2) is 0 Å². The van der Waals surface area contributed by atoms with Crippen molar-refractivity contribution in [3.05, 3.63) is 12.2 Å². The molecule has 0 radical (unpaired) electrons. The maximum absolute atomic E-state index is 13.3. The van der Waals surface area contributed by atoms with E-state index in [1.165, 1.54) is 77.0 Å². The normalized spacial score (nSPS) is 12.9. The van der Waals surface area contributed by atoms with Crippen LogP contribution in [0, 0.1) is 0 Å². The van der Waals surface area contributed by atoms with Crippen LogP contribution in [0.3, 0.4) is 0 Å². The van der Waals surface area contributed by atoms with Crippen LogP contribution in [-0.4, -0.2) is 38.4 Å². The molecule has 0 aliphatic heterocycles. The van der Waals surface area contributed by atoms with E-state index in [1.807, 2.05) is 0 Å². The summed E-state index contributed by atoms with van der Waals surface area (Å²) in [6.45, 7) is 16.6. The van der Waals surface area contributed by atoms with E-state index in [4.69, 9.17) is 18.1 Å². The summed E-state index contributed by atoms with van der Waals surface area (Å²) in [6.07, 6.45) is 22.6. The van der Waals surface area contributed by atoms with Crippen molar-refractivity contribution in [2.24, 2.45) is 0 Å². The van der Waals surface area contributed by atoms with E-state index < -0.39 is 7.51 Å². The van der Waals surface area contributed by atoms with Crippen LogP contribution in [0.4, 0.5) is 0 Å². The summed E-state index contributed by atoms with van der Waals surface area (Å²) in [7, 11) is -4.16. The number of rotatable bonds is 31. The van der Waals surface area contributed by atoms with Crippen molar-refractivity contribution in [3.63, 3.8) is 0 Å². The Bertz CT molecular complexity index is 519. The first-order valence-corrected chi connectivity index (χ1v) is 18.8. The van der Waals surface area contributed by atoms with Crippen LogP contribution in [-0.2, 0) is 22.9 Å². The number of carbonyl (C=O) groups is 1. The van der Waals surface area contributed by atoms with Crippen molar-refractivity contribution in [1.82, 2.24) is 0 Å². The van der Waals surface area contributed by atoms with E-state index in [9.17, 15) is 4.79 Å². The average Bonchev–Trinajstić information content (AvgIpc) is 2.92. The molecule has 0 unspecified atom stereocenters. The van der Waals surface area contributed by atoms with Crippen LogP contribution in [0.5, 0.6) is 0 Å². The molecule has 0 aliphatic carbocycles. The fourth-order valence-corrected chi connectivity index (χ4v) is 8.04. The molecule has 234 valence electrons. The standard InChI is InChI=1S/C33H67O5P/c1-7-11-15-19-23-27-35-39(31-33(34)32(5)6,36-28-24-20-16-12-8-2,37-29-25-21-17-13-9-3)38-30-26-22-18-14-10-4/h5,7-31H2,1-4,6H3. The number of hydrogen-bond acceptors (Lipinski definition) is 5. The molecule has 0 rings (SSSR count). The van der Waals surface area contributed by atoms with Gasteiger partial charge in [-0.2, -0.15) is 0 Å². The monoisotopic (exact) mass is 574 g/mol. The Morgan fingerprint density at radius 1 is 0.487 bits per heavy atom. The van der Waals surface area contributed by atoms with Crippen molar-refractivity contribution < 1.29 is 22.9 Å². The number of allylic oxidation sites excluding steroid dienone is 1. The van der Waals surface area contributed by atoms with E-state index in [0.29, 0.717) is 32.0 Å². The molecule has 0 aromatic heterocycles. The van der Waals surface area contributed by atoms with Gasteiger partial charge in [0.05, 0.1) is 0 Å². The second kappa shape index (κ2) is 25.4. The van der Waals surface area contributed by atoms with Crippen LogP contribution >= 0.6 is 7.51 Å². The second-order valence-electron chi connectivity index (χ2n) is 11.3. The molecule has 0 atom stereocenters. The molecule has 0 spiro atoms. The predicted molar refractivity (Wildman–Crippen MR) is 170 cm³/mol. The Morgan fingerprint density at radius 2 is 0.744 bits per heavy atom. The Hall–Kier alpha value is -0.320. The molecule has 0 aliphatic rings. The number of carbonyl (C=O) groups excluding carboxylic acids is 1. The summed E-state index contributed by atoms with van der Waals surface area (Å²) in [4.78, 5) is 13.3. The summed E-state index contributed by atoms with van der Waals surface area (Å²) in [5.74, 6) is -0.0819. The van der Waals surface area contributed by atoms with Crippen LogP contribution in [0.15, 0.2) is 12.2 Å². The molecule has 39 heavy (non-hydrogen) atoms. The second-order valence-corrected chi connectivity index (χ2v) is 14.6. The van der Waals surface area contributed by atoms with Gasteiger partial charge in [0.25, 0.3) is 0 Å². The van der Waals surface area contributed by atoms with Crippen molar-refractivity contribution in [2.45, 2.75) is 163 Å². The molecular weight excluding hydrogens is 507 g/mol. The number of Topliss-reactive ketones (excluding diaryl/α,β-unsaturated/α-hetero) is 1. The minimum atomic E-state index is -4.16. The molecule has 0 saturated carbocycles. The molecule has 0 amide bonds. The summed E-state index contributed by atoms with van der Waals surface area (Å²) < 4.78 is 26.8. The van der Waals surface area contributed by atoms with Gasteiger partial charge < -0.3 is 0 Å². The fourth-order valence-electron chi connectivity index (χ4n) is 4.56. The van der Waals surface area contributed by atoms with E-state index in [2.05, 4.69) is 34.3 Å². The van der Waals surface area contributed by atoms with Crippen LogP contribution in [0.25, 0.3) is 0 Å². The number of hydrogen-bond donors (Lipinski definition) is 0. The van der Waals surface area contributed by atoms with Crippen molar-refractivity contribution in [3.8, 4) is 0 Å². The molecule has 0 aromatic carbocycles. The third kappa shape index (κ3) is 19.4. The van der Waals surface area contributed by atoms with Gasteiger partial charge in [-0.15, -0.1) is 0 Å². The number of ketones is 1. The Labute approximate surface area is 243 Å². The van der Waals surface area contributed by atoms with Crippen LogP contribution < -0.4 is 0 Å². The zero-order chi connectivity index (χ0) is 29.1. The summed E-state index contributed by atoms with van der Waals surface area (Å²) in [5.41, 5.74) is 0.500. The quantitative estimate of drug-likeness (QED) is 0.0468. The van der Waals surface area contributed by atoms with Gasteiger partial charge in [-0.1, -0.05) is 0 Å². The molecular formula is C33H67O5P. The van der Waals surface area contributed by atoms with Crippen molar-refractivity contribution in [2.75, 3.05) is 32.6 Å². The molecule has 5 nitrogen and oxygen atoms in total. The Kier molecular flexibility index (Phi) is 25.2. The molecule has 0 saturated heterocycles. The van der Waals surface area contributed by atoms with Gasteiger partial charge >= 0.3 is 244 Å².